The molecule has 0 aromatic rings. The third-order valence-electron chi connectivity index (χ3n) is 2.52. The van der Waals surface area contributed by atoms with E-state index in [0.717, 1.165) is 6.26 Å². The molecule has 6 nitrogen and oxygen atoms in total. The second-order valence-electron chi connectivity index (χ2n) is 3.90. The first-order chi connectivity index (χ1) is 7.07. The molecule has 0 saturated carbocycles. The summed E-state index contributed by atoms with van der Waals surface area (Å²) in [5, 5.41) is 9.89. The van der Waals surface area contributed by atoms with Gasteiger partial charge in [-0.05, 0) is 20.8 Å². The molecule has 7 heteroatoms. The minimum absolute atomic E-state index is 0.616. The minimum Gasteiger partial charge on any atom is -0.481 e. The Bertz CT molecular complexity index is 375. The first kappa shape index (κ1) is 14.9. The van der Waals surface area contributed by atoms with Crippen LogP contribution in [0.4, 0.5) is 0 Å². The van der Waals surface area contributed by atoms with Crippen LogP contribution >= 0.6 is 0 Å². The molecule has 0 fully saturated rings. The molecule has 16 heavy (non-hydrogen) atoms. The molecule has 0 aromatic carbocycles. The van der Waals surface area contributed by atoms with Crippen LogP contribution in [-0.2, 0) is 19.4 Å². The lowest BCUT2D eigenvalue weighted by Gasteiger charge is -2.19. The number of carboxylic acids is 1. The van der Waals surface area contributed by atoms with Crippen molar-refractivity contribution in [2.45, 2.75) is 32.1 Å². The Hall–Kier alpha value is -1.11. The zero-order valence-electron chi connectivity index (χ0n) is 9.72. The van der Waals surface area contributed by atoms with E-state index in [9.17, 15) is 18.0 Å². The SMILES string of the molecule is CC(NC(=O)C(C)S(C)(=O)=O)C(C)C(=O)O. The van der Waals surface area contributed by atoms with Crippen LogP contribution in [0.25, 0.3) is 0 Å². The van der Waals surface area contributed by atoms with Crippen molar-refractivity contribution in [2.75, 3.05) is 6.26 Å². The molecule has 0 heterocycles. The van der Waals surface area contributed by atoms with Gasteiger partial charge in [-0.2, -0.15) is 0 Å². The average Bonchev–Trinajstić information content (AvgIpc) is 2.13. The molecule has 94 valence electrons. The van der Waals surface area contributed by atoms with Crippen molar-refractivity contribution in [3.05, 3.63) is 0 Å². The summed E-state index contributed by atoms with van der Waals surface area (Å²) in [7, 11) is -3.45. The van der Waals surface area contributed by atoms with Crippen molar-refractivity contribution in [1.82, 2.24) is 5.32 Å². The molecule has 0 aliphatic rings. The zero-order valence-corrected chi connectivity index (χ0v) is 10.5. The lowest BCUT2D eigenvalue weighted by molar-refractivity contribution is -0.142. The standard InChI is InChI=1S/C9H17NO5S/c1-5(9(12)13)6(2)10-8(11)7(3)16(4,14)15/h5-7H,1-4H3,(H,10,11)(H,12,13). The normalized spacial score (nSPS) is 17.2. The highest BCUT2D eigenvalue weighted by atomic mass is 32.2. The van der Waals surface area contributed by atoms with Gasteiger partial charge in [0.05, 0.1) is 5.92 Å². The molecular formula is C9H17NO5S. The van der Waals surface area contributed by atoms with Gasteiger partial charge >= 0.3 is 5.97 Å². The van der Waals surface area contributed by atoms with Gasteiger partial charge in [0.2, 0.25) is 5.91 Å². The number of hydrogen-bond donors (Lipinski definition) is 2. The fraction of sp³-hybridized carbons (Fsp3) is 0.778. The summed E-state index contributed by atoms with van der Waals surface area (Å²) in [4.78, 5) is 22.1. The molecular weight excluding hydrogens is 234 g/mol. The Labute approximate surface area is 95.0 Å². The minimum atomic E-state index is -3.45. The van der Waals surface area contributed by atoms with Gasteiger partial charge in [-0.25, -0.2) is 8.42 Å². The lowest BCUT2D eigenvalue weighted by Crippen LogP contribution is -2.45. The summed E-state index contributed by atoms with van der Waals surface area (Å²) in [6.07, 6.45) is 0.961. The van der Waals surface area contributed by atoms with Gasteiger partial charge in [-0.1, -0.05) is 0 Å². The summed E-state index contributed by atoms with van der Waals surface area (Å²) >= 11 is 0. The summed E-state index contributed by atoms with van der Waals surface area (Å²) in [6, 6.07) is -0.616. The monoisotopic (exact) mass is 251 g/mol. The fourth-order valence-electron chi connectivity index (χ4n) is 0.875. The van der Waals surface area contributed by atoms with Gasteiger partial charge in [-0.3, -0.25) is 9.59 Å². The van der Waals surface area contributed by atoms with Crippen LogP contribution in [-0.4, -0.2) is 42.9 Å². The molecule has 0 rings (SSSR count). The number of carbonyl (C=O) groups is 2. The number of aliphatic carboxylic acids is 1. The third-order valence-corrected chi connectivity index (χ3v) is 4.02. The molecule has 1 amide bonds. The van der Waals surface area contributed by atoms with E-state index in [1.165, 1.54) is 20.8 Å². The maximum absolute atomic E-state index is 11.4. The Kier molecular flexibility index (Phi) is 4.92. The van der Waals surface area contributed by atoms with Crippen molar-refractivity contribution in [2.24, 2.45) is 5.92 Å². The van der Waals surface area contributed by atoms with Gasteiger partial charge in [0.25, 0.3) is 0 Å². The van der Waals surface area contributed by atoms with Gasteiger partial charge < -0.3 is 10.4 Å². The van der Waals surface area contributed by atoms with E-state index < -0.39 is 38.9 Å². The Morgan fingerprint density at radius 3 is 1.94 bits per heavy atom. The summed E-state index contributed by atoms with van der Waals surface area (Å²) in [5.41, 5.74) is 0. The summed E-state index contributed by atoms with van der Waals surface area (Å²) in [6.45, 7) is 4.23. The molecule has 0 bridgehead atoms. The smallest absolute Gasteiger partial charge is 0.308 e. The first-order valence-electron chi connectivity index (χ1n) is 4.79. The van der Waals surface area contributed by atoms with Crippen LogP contribution in [0.1, 0.15) is 20.8 Å². The van der Waals surface area contributed by atoms with Crippen LogP contribution < -0.4 is 5.32 Å². The molecule has 2 N–H and O–H groups in total. The molecule has 0 aliphatic heterocycles. The molecule has 3 atom stereocenters. The van der Waals surface area contributed by atoms with Crippen molar-refractivity contribution < 1.29 is 23.1 Å². The topological polar surface area (TPSA) is 101 Å². The fourth-order valence-corrected chi connectivity index (χ4v) is 1.33. The van der Waals surface area contributed by atoms with Crippen LogP contribution in [0.3, 0.4) is 0 Å². The summed E-state index contributed by atoms with van der Waals surface area (Å²) in [5.74, 6) is -2.49. The van der Waals surface area contributed by atoms with E-state index in [1.807, 2.05) is 0 Å². The number of sulfone groups is 1. The predicted molar refractivity (Wildman–Crippen MR) is 58.7 cm³/mol. The quantitative estimate of drug-likeness (QED) is 0.695. The van der Waals surface area contributed by atoms with E-state index in [0.29, 0.717) is 0 Å². The van der Waals surface area contributed by atoms with Gasteiger partial charge in [0.15, 0.2) is 9.84 Å². The second kappa shape index (κ2) is 5.29. The van der Waals surface area contributed by atoms with E-state index in [2.05, 4.69) is 5.32 Å². The predicted octanol–water partition coefficient (Wildman–Crippen LogP) is -0.355. The number of carbonyl (C=O) groups excluding carboxylic acids is 1. The highest BCUT2D eigenvalue weighted by molar-refractivity contribution is 7.92. The van der Waals surface area contributed by atoms with Crippen LogP contribution in [0.2, 0.25) is 0 Å². The van der Waals surface area contributed by atoms with Crippen LogP contribution in [0, 0.1) is 5.92 Å². The van der Waals surface area contributed by atoms with Crippen molar-refractivity contribution in [3.63, 3.8) is 0 Å². The van der Waals surface area contributed by atoms with Crippen molar-refractivity contribution in [1.29, 1.82) is 0 Å². The number of amides is 1. The molecule has 0 aromatic heterocycles. The van der Waals surface area contributed by atoms with Gasteiger partial charge in [-0.15, -0.1) is 0 Å². The maximum Gasteiger partial charge on any atom is 0.308 e. The number of rotatable bonds is 5. The molecule has 3 unspecified atom stereocenters. The zero-order chi connectivity index (χ0) is 13.1. The van der Waals surface area contributed by atoms with Crippen molar-refractivity contribution in [3.8, 4) is 0 Å². The van der Waals surface area contributed by atoms with E-state index in [1.54, 1.807) is 0 Å². The molecule has 0 aliphatic carbocycles. The Morgan fingerprint density at radius 2 is 1.62 bits per heavy atom. The molecule has 0 saturated heterocycles. The van der Waals surface area contributed by atoms with E-state index >= 15 is 0 Å². The van der Waals surface area contributed by atoms with Crippen LogP contribution in [0.15, 0.2) is 0 Å². The average molecular weight is 251 g/mol. The number of nitrogens with one attached hydrogen (secondary N) is 1. The number of hydrogen-bond acceptors (Lipinski definition) is 4. The van der Waals surface area contributed by atoms with E-state index in [4.69, 9.17) is 5.11 Å². The third kappa shape index (κ3) is 4.18. The highest BCUT2D eigenvalue weighted by Gasteiger charge is 2.27. The van der Waals surface area contributed by atoms with Gasteiger partial charge in [0.1, 0.15) is 5.25 Å². The second-order valence-corrected chi connectivity index (χ2v) is 6.26. The Balaban J connectivity index is 4.53. The first-order valence-corrected chi connectivity index (χ1v) is 6.75. The molecule has 0 spiro atoms. The van der Waals surface area contributed by atoms with Gasteiger partial charge in [0, 0.05) is 12.3 Å². The lowest BCUT2D eigenvalue weighted by atomic mass is 10.0. The largest absolute Gasteiger partial charge is 0.481 e. The van der Waals surface area contributed by atoms with Crippen molar-refractivity contribution >= 4 is 21.7 Å². The van der Waals surface area contributed by atoms with Crippen LogP contribution in [0.5, 0.6) is 0 Å². The number of carboxylic acid groups (broad SMARTS) is 1. The maximum atomic E-state index is 11.4. The Morgan fingerprint density at radius 1 is 1.19 bits per heavy atom. The summed E-state index contributed by atoms with van der Waals surface area (Å²) < 4.78 is 22.2. The van der Waals surface area contributed by atoms with E-state index in [-0.39, 0.29) is 0 Å². The highest BCUT2D eigenvalue weighted by Crippen LogP contribution is 2.04. The molecule has 0 radical (unpaired) electrons.